The first kappa shape index (κ1) is 39.5. The molecule has 0 saturated heterocycles. The van der Waals surface area contributed by atoms with E-state index in [0.29, 0.717) is 52.1 Å². The molecule has 2 atom stereocenters. The molecule has 0 fully saturated rings. The minimum atomic E-state index is -5.04. The quantitative estimate of drug-likeness (QED) is 0.0626. The van der Waals surface area contributed by atoms with Crippen LogP contribution in [-0.2, 0) is 34.8 Å². The number of benzene rings is 5. The third-order valence-corrected chi connectivity index (χ3v) is 9.68. The molecule has 0 bridgehead atoms. The number of amides is 1. The second-order valence-corrected chi connectivity index (χ2v) is 13.6. The summed E-state index contributed by atoms with van der Waals surface area (Å²) >= 11 is 3.56. The topological polar surface area (TPSA) is 92.2 Å². The molecule has 1 heterocycles. The standard InChI is InChI=1S/C41H34BrF6N3O4/c42-35-10-5-4-9-31(35)24-39(38(53)51-49-25-26-21-32(40(43,44)45)23-33(22-26)41(46,47)48)36(29-13-11-28(12-14-29)27-7-2-1-3-8-27)55-37(50-39)30-15-17-34(18-16-30)54-20-6-19-52/h1-5,7-18,21-23,36,49,52H,6,19-20,24-25H2,(H,51,53)/t36-,39-/m0/s1. The van der Waals surface area contributed by atoms with E-state index in [0.717, 1.165) is 11.1 Å². The van der Waals surface area contributed by atoms with Crippen molar-refractivity contribution in [2.75, 3.05) is 13.2 Å². The maximum absolute atomic E-state index is 14.6. The molecule has 3 N–H and O–H groups in total. The molecule has 55 heavy (non-hydrogen) atoms. The van der Waals surface area contributed by atoms with E-state index in [4.69, 9.17) is 19.6 Å². The lowest BCUT2D eigenvalue weighted by Crippen LogP contribution is -2.53. The number of rotatable bonds is 13. The lowest BCUT2D eigenvalue weighted by Gasteiger charge is -2.31. The first-order valence-corrected chi connectivity index (χ1v) is 17.9. The third-order valence-electron chi connectivity index (χ3n) is 8.91. The monoisotopic (exact) mass is 825 g/mol. The maximum Gasteiger partial charge on any atom is 0.416 e. The lowest BCUT2D eigenvalue weighted by atomic mass is 9.82. The zero-order valence-electron chi connectivity index (χ0n) is 28.9. The van der Waals surface area contributed by atoms with E-state index in [2.05, 4.69) is 26.8 Å². The van der Waals surface area contributed by atoms with Gasteiger partial charge in [-0.2, -0.15) is 26.3 Å². The van der Waals surface area contributed by atoms with Gasteiger partial charge in [0.05, 0.1) is 17.7 Å². The summed E-state index contributed by atoms with van der Waals surface area (Å²) in [4.78, 5) is 19.5. The predicted molar refractivity (Wildman–Crippen MR) is 198 cm³/mol. The number of nitrogens with one attached hydrogen (secondary N) is 2. The highest BCUT2D eigenvalue weighted by molar-refractivity contribution is 9.10. The Morgan fingerprint density at radius 1 is 0.800 bits per heavy atom. The van der Waals surface area contributed by atoms with Gasteiger partial charge in [-0.3, -0.25) is 10.2 Å². The Kier molecular flexibility index (Phi) is 12.0. The molecule has 0 aromatic heterocycles. The van der Waals surface area contributed by atoms with Gasteiger partial charge in [-0.05, 0) is 76.3 Å². The molecule has 5 aromatic carbocycles. The molecule has 0 spiro atoms. The van der Waals surface area contributed by atoms with Crippen LogP contribution in [0.1, 0.15) is 45.9 Å². The fraction of sp³-hybridized carbons (Fsp3) is 0.220. The van der Waals surface area contributed by atoms with Crippen LogP contribution in [0.25, 0.3) is 11.1 Å². The maximum atomic E-state index is 14.6. The van der Waals surface area contributed by atoms with Crippen LogP contribution in [-0.4, -0.2) is 35.7 Å². The number of alkyl halides is 6. The van der Waals surface area contributed by atoms with Crippen molar-refractivity contribution < 1.29 is 45.7 Å². The molecule has 0 aliphatic carbocycles. The molecular weight excluding hydrogens is 792 g/mol. The number of carbonyl (C=O) groups excluding carboxylic acids is 1. The smallest absolute Gasteiger partial charge is 0.416 e. The van der Waals surface area contributed by atoms with Crippen molar-refractivity contribution >= 4 is 27.7 Å². The van der Waals surface area contributed by atoms with Crippen LogP contribution < -0.4 is 15.6 Å². The van der Waals surface area contributed by atoms with Gasteiger partial charge in [0.1, 0.15) is 5.75 Å². The molecule has 6 rings (SSSR count). The van der Waals surface area contributed by atoms with Crippen LogP contribution in [0.4, 0.5) is 26.3 Å². The molecule has 286 valence electrons. The number of hydrazine groups is 1. The van der Waals surface area contributed by atoms with Crippen LogP contribution in [0.5, 0.6) is 5.75 Å². The lowest BCUT2D eigenvalue weighted by molar-refractivity contribution is -0.143. The number of hydrogen-bond acceptors (Lipinski definition) is 6. The van der Waals surface area contributed by atoms with E-state index in [-0.39, 0.29) is 30.6 Å². The fourth-order valence-corrected chi connectivity index (χ4v) is 6.58. The molecular formula is C41H34BrF6N3O4. The fourth-order valence-electron chi connectivity index (χ4n) is 6.15. The molecule has 7 nitrogen and oxygen atoms in total. The average Bonchev–Trinajstić information content (AvgIpc) is 3.56. The highest BCUT2D eigenvalue weighted by atomic mass is 79.9. The number of aliphatic hydroxyl groups is 1. The van der Waals surface area contributed by atoms with E-state index in [1.54, 1.807) is 48.5 Å². The largest absolute Gasteiger partial charge is 0.494 e. The molecule has 0 unspecified atom stereocenters. The predicted octanol–water partition coefficient (Wildman–Crippen LogP) is 9.24. The summed E-state index contributed by atoms with van der Waals surface area (Å²) in [7, 11) is 0. The Hall–Kier alpha value is -5.18. The Labute approximate surface area is 321 Å². The van der Waals surface area contributed by atoms with Crippen molar-refractivity contribution in [3.05, 3.63) is 159 Å². The first-order chi connectivity index (χ1) is 26.3. The van der Waals surface area contributed by atoms with E-state index in [1.165, 1.54) is 0 Å². The molecule has 0 saturated carbocycles. The molecule has 1 aliphatic heterocycles. The highest BCUT2D eigenvalue weighted by Gasteiger charge is 2.53. The van der Waals surface area contributed by atoms with Gasteiger partial charge in [-0.1, -0.05) is 88.7 Å². The van der Waals surface area contributed by atoms with Crippen molar-refractivity contribution in [1.29, 1.82) is 0 Å². The minimum Gasteiger partial charge on any atom is -0.494 e. The second kappa shape index (κ2) is 16.7. The van der Waals surface area contributed by atoms with Crippen LogP contribution in [0.3, 0.4) is 0 Å². The molecule has 14 heteroatoms. The van der Waals surface area contributed by atoms with Crippen molar-refractivity contribution in [2.24, 2.45) is 4.99 Å². The average molecular weight is 827 g/mol. The number of nitrogens with zero attached hydrogens (tertiary/aromatic N) is 1. The van der Waals surface area contributed by atoms with Gasteiger partial charge in [0.15, 0.2) is 11.6 Å². The third kappa shape index (κ3) is 9.38. The van der Waals surface area contributed by atoms with Gasteiger partial charge < -0.3 is 14.6 Å². The normalized spacial score (nSPS) is 17.0. The molecule has 1 aliphatic rings. The van der Waals surface area contributed by atoms with Crippen molar-refractivity contribution in [3.8, 4) is 16.9 Å². The van der Waals surface area contributed by atoms with Gasteiger partial charge in [0.25, 0.3) is 5.91 Å². The zero-order chi connectivity index (χ0) is 39.2. The summed E-state index contributed by atoms with van der Waals surface area (Å²) in [6.45, 7) is -0.300. The first-order valence-electron chi connectivity index (χ1n) is 17.1. The number of hydrogen-bond donors (Lipinski definition) is 3. The molecule has 1 amide bonds. The van der Waals surface area contributed by atoms with E-state index in [9.17, 15) is 31.1 Å². The summed E-state index contributed by atoms with van der Waals surface area (Å²) < 4.78 is 94.3. The number of halogens is 7. The van der Waals surface area contributed by atoms with Crippen LogP contribution in [0, 0.1) is 0 Å². The van der Waals surface area contributed by atoms with E-state index in [1.807, 2.05) is 54.6 Å². The van der Waals surface area contributed by atoms with Gasteiger partial charge in [-0.15, -0.1) is 0 Å². The summed E-state index contributed by atoms with van der Waals surface area (Å²) in [6.07, 6.45) is -10.7. The number of aliphatic imine (C=N–C) groups is 1. The molecule has 0 radical (unpaired) electrons. The van der Waals surface area contributed by atoms with Crippen molar-refractivity contribution in [3.63, 3.8) is 0 Å². The van der Waals surface area contributed by atoms with Crippen molar-refractivity contribution in [1.82, 2.24) is 10.9 Å². The van der Waals surface area contributed by atoms with Crippen molar-refractivity contribution in [2.45, 2.75) is 43.4 Å². The van der Waals surface area contributed by atoms with Gasteiger partial charge >= 0.3 is 12.4 Å². The minimum absolute atomic E-state index is 0.0263. The summed E-state index contributed by atoms with van der Waals surface area (Å²) in [5.41, 5.74) is 3.65. The molecule has 5 aromatic rings. The summed E-state index contributed by atoms with van der Waals surface area (Å²) in [5, 5.41) is 9.10. The van der Waals surface area contributed by atoms with Crippen LogP contribution in [0.15, 0.2) is 131 Å². The highest BCUT2D eigenvalue weighted by Crippen LogP contribution is 2.44. The zero-order valence-corrected chi connectivity index (χ0v) is 30.5. The van der Waals surface area contributed by atoms with Gasteiger partial charge in [0, 0.05) is 36.0 Å². The van der Waals surface area contributed by atoms with E-state index < -0.39 is 47.6 Å². The number of ether oxygens (including phenoxy) is 2. The van der Waals surface area contributed by atoms with Crippen LogP contribution >= 0.6 is 15.9 Å². The van der Waals surface area contributed by atoms with Gasteiger partial charge in [0.2, 0.25) is 5.90 Å². The Balaban J connectivity index is 1.38. The summed E-state index contributed by atoms with van der Waals surface area (Å²) in [6, 6.07) is 32.3. The second-order valence-electron chi connectivity index (χ2n) is 12.8. The Morgan fingerprint density at radius 3 is 2.02 bits per heavy atom. The Bertz CT molecular complexity index is 2100. The van der Waals surface area contributed by atoms with Crippen LogP contribution in [0.2, 0.25) is 0 Å². The number of carbonyl (C=O) groups is 1. The SMILES string of the molecule is O=C(NNCc1cc(C(F)(F)F)cc(C(F)(F)F)c1)[C@@]1(Cc2ccccc2Br)N=C(c2ccc(OCCCO)cc2)O[C@H]1c1ccc(-c2ccccc2)cc1. The van der Waals surface area contributed by atoms with E-state index >= 15 is 0 Å². The number of aliphatic hydroxyl groups excluding tert-OH is 1. The van der Waals surface area contributed by atoms with Gasteiger partial charge in [-0.25, -0.2) is 10.4 Å². The Morgan fingerprint density at radius 2 is 1.40 bits per heavy atom. The summed E-state index contributed by atoms with van der Waals surface area (Å²) in [5.74, 6) is -0.0927.